The number of nitro groups is 1. The molecule has 3 aromatic rings. The lowest BCUT2D eigenvalue weighted by Crippen LogP contribution is -2.11. The van der Waals surface area contributed by atoms with Crippen LogP contribution in [-0.2, 0) is 10.0 Å². The summed E-state index contributed by atoms with van der Waals surface area (Å²) in [6, 6.07) is 7.79. The molecule has 9 nitrogen and oxygen atoms in total. The van der Waals surface area contributed by atoms with E-state index in [9.17, 15) is 23.3 Å². The first kappa shape index (κ1) is 18.2. The minimum atomic E-state index is -3.85. The van der Waals surface area contributed by atoms with Gasteiger partial charge in [0.05, 0.1) is 20.0 Å². The van der Waals surface area contributed by atoms with E-state index in [1.165, 1.54) is 30.3 Å². The second kappa shape index (κ2) is 6.61. The number of primary sulfonamides is 1. The van der Waals surface area contributed by atoms with Gasteiger partial charge in [0.25, 0.3) is 11.6 Å². The molecular formula is C14H9ClN4O5S2. The fraction of sp³-hybridized carbons (Fsp3) is 0. The second-order valence-corrected chi connectivity index (χ2v) is 8.07. The number of carbonyl (C=O) groups is 1. The average molecular weight is 413 g/mol. The Bertz CT molecular complexity index is 1160. The fourth-order valence-electron chi connectivity index (χ4n) is 2.10. The van der Waals surface area contributed by atoms with Crippen molar-refractivity contribution in [1.29, 1.82) is 0 Å². The number of halogens is 1. The van der Waals surface area contributed by atoms with Crippen LogP contribution in [0, 0.1) is 10.1 Å². The van der Waals surface area contributed by atoms with Gasteiger partial charge in [0, 0.05) is 11.6 Å². The van der Waals surface area contributed by atoms with Crippen molar-refractivity contribution < 1.29 is 18.1 Å². The Morgan fingerprint density at radius 3 is 2.65 bits per heavy atom. The number of fused-ring (bicyclic) bond motifs is 1. The van der Waals surface area contributed by atoms with E-state index in [-0.39, 0.29) is 26.3 Å². The topological polar surface area (TPSA) is 145 Å². The normalized spacial score (nSPS) is 11.5. The number of aromatic nitrogens is 1. The summed E-state index contributed by atoms with van der Waals surface area (Å²) in [5.74, 6) is -0.615. The minimum Gasteiger partial charge on any atom is -0.298 e. The van der Waals surface area contributed by atoms with Crippen LogP contribution in [-0.4, -0.2) is 24.2 Å². The molecule has 26 heavy (non-hydrogen) atoms. The van der Waals surface area contributed by atoms with Gasteiger partial charge in [-0.3, -0.25) is 20.2 Å². The van der Waals surface area contributed by atoms with Crippen molar-refractivity contribution in [2.75, 3.05) is 5.32 Å². The van der Waals surface area contributed by atoms with Crippen molar-refractivity contribution in [3.63, 3.8) is 0 Å². The molecule has 3 N–H and O–H groups in total. The molecule has 1 amide bonds. The number of hydrogen-bond acceptors (Lipinski definition) is 7. The molecule has 0 radical (unpaired) electrons. The lowest BCUT2D eigenvalue weighted by Gasteiger charge is -2.02. The molecule has 134 valence electrons. The Morgan fingerprint density at radius 1 is 1.27 bits per heavy atom. The van der Waals surface area contributed by atoms with Crippen LogP contribution < -0.4 is 10.5 Å². The van der Waals surface area contributed by atoms with Gasteiger partial charge in [-0.1, -0.05) is 22.9 Å². The minimum absolute atomic E-state index is 0.0329. The molecule has 3 rings (SSSR count). The van der Waals surface area contributed by atoms with Crippen LogP contribution in [0.1, 0.15) is 10.4 Å². The number of sulfonamides is 1. The van der Waals surface area contributed by atoms with Gasteiger partial charge in [-0.15, -0.1) is 0 Å². The molecule has 1 heterocycles. The number of nitro benzene ring substituents is 1. The number of hydrogen-bond donors (Lipinski definition) is 2. The standard InChI is InChI=1S/C14H9ClN4O5S2/c15-9-3-1-7(5-11(9)19(21)22)13(20)18-14-17-10-4-2-8(26(16,23)24)6-12(10)25-14/h1-6H,(H2,16,23,24)(H,17,18,20). The number of carbonyl (C=O) groups excluding carboxylic acids is 1. The predicted molar refractivity (Wildman–Crippen MR) is 97.1 cm³/mol. The van der Waals surface area contributed by atoms with Crippen LogP contribution in [0.4, 0.5) is 10.8 Å². The SMILES string of the molecule is NS(=O)(=O)c1ccc2nc(NC(=O)c3ccc(Cl)c([N+](=O)[O-])c3)sc2c1. The van der Waals surface area contributed by atoms with Crippen LogP contribution in [0.3, 0.4) is 0 Å². The van der Waals surface area contributed by atoms with Crippen LogP contribution in [0.15, 0.2) is 41.3 Å². The zero-order valence-electron chi connectivity index (χ0n) is 12.7. The monoisotopic (exact) mass is 412 g/mol. The van der Waals surface area contributed by atoms with Crippen molar-refractivity contribution in [2.45, 2.75) is 4.90 Å². The first-order chi connectivity index (χ1) is 12.1. The Morgan fingerprint density at radius 2 is 2.00 bits per heavy atom. The number of nitrogens with zero attached hydrogens (tertiary/aromatic N) is 2. The van der Waals surface area contributed by atoms with Crippen LogP contribution in [0.2, 0.25) is 5.02 Å². The van der Waals surface area contributed by atoms with Crippen molar-refractivity contribution in [2.24, 2.45) is 5.14 Å². The molecule has 0 fully saturated rings. The highest BCUT2D eigenvalue weighted by Gasteiger charge is 2.18. The molecule has 12 heteroatoms. The van der Waals surface area contributed by atoms with Gasteiger partial charge in [0.2, 0.25) is 10.0 Å². The van der Waals surface area contributed by atoms with Gasteiger partial charge >= 0.3 is 0 Å². The third-order valence-corrected chi connectivity index (χ3v) is 5.48. The number of amides is 1. The summed E-state index contributed by atoms with van der Waals surface area (Å²) in [6.45, 7) is 0. The van der Waals surface area contributed by atoms with Crippen molar-refractivity contribution in [3.8, 4) is 0 Å². The van der Waals surface area contributed by atoms with Gasteiger partial charge < -0.3 is 0 Å². The van der Waals surface area contributed by atoms with Crippen LogP contribution >= 0.6 is 22.9 Å². The number of nitrogens with two attached hydrogens (primary N) is 1. The third kappa shape index (κ3) is 3.65. The number of nitrogens with one attached hydrogen (secondary N) is 1. The quantitative estimate of drug-likeness (QED) is 0.497. The average Bonchev–Trinajstić information content (AvgIpc) is 2.95. The summed E-state index contributed by atoms with van der Waals surface area (Å²) in [4.78, 5) is 26.6. The van der Waals surface area contributed by atoms with Gasteiger partial charge in [0.15, 0.2) is 5.13 Å². The molecule has 0 saturated carbocycles. The van der Waals surface area contributed by atoms with E-state index >= 15 is 0 Å². The Kier molecular flexibility index (Phi) is 4.63. The number of anilines is 1. The zero-order chi connectivity index (χ0) is 19.1. The Labute approximate surface area is 155 Å². The lowest BCUT2D eigenvalue weighted by molar-refractivity contribution is -0.384. The zero-order valence-corrected chi connectivity index (χ0v) is 15.1. The van der Waals surface area contributed by atoms with Crippen LogP contribution in [0.5, 0.6) is 0 Å². The maximum Gasteiger partial charge on any atom is 0.288 e. The molecule has 2 aromatic carbocycles. The molecule has 0 saturated heterocycles. The lowest BCUT2D eigenvalue weighted by atomic mass is 10.2. The summed E-state index contributed by atoms with van der Waals surface area (Å²) < 4.78 is 23.3. The summed E-state index contributed by atoms with van der Waals surface area (Å²) in [5.41, 5.74) is 0.117. The summed E-state index contributed by atoms with van der Waals surface area (Å²) >= 11 is 6.76. The molecule has 0 atom stereocenters. The van der Waals surface area contributed by atoms with Crippen molar-refractivity contribution >= 4 is 59.9 Å². The van der Waals surface area contributed by atoms with Crippen molar-refractivity contribution in [1.82, 2.24) is 4.98 Å². The van der Waals surface area contributed by atoms with Crippen LogP contribution in [0.25, 0.3) is 10.2 Å². The van der Waals surface area contributed by atoms with Gasteiger partial charge in [0.1, 0.15) is 5.02 Å². The van der Waals surface area contributed by atoms with E-state index in [0.29, 0.717) is 10.2 Å². The fourth-order valence-corrected chi connectivity index (χ4v) is 3.80. The number of rotatable bonds is 4. The maximum atomic E-state index is 12.3. The molecular weight excluding hydrogens is 404 g/mol. The van der Waals surface area contributed by atoms with Gasteiger partial charge in [-0.25, -0.2) is 18.5 Å². The highest BCUT2D eigenvalue weighted by Crippen LogP contribution is 2.29. The third-order valence-electron chi connectivity index (χ3n) is 3.31. The summed E-state index contributed by atoms with van der Waals surface area (Å²) in [5, 5.41) is 18.6. The number of benzene rings is 2. The molecule has 0 aliphatic carbocycles. The second-order valence-electron chi connectivity index (χ2n) is 5.07. The highest BCUT2D eigenvalue weighted by atomic mass is 35.5. The summed E-state index contributed by atoms with van der Waals surface area (Å²) in [6.07, 6.45) is 0. The first-order valence-electron chi connectivity index (χ1n) is 6.84. The predicted octanol–water partition coefficient (Wildman–Crippen LogP) is 2.76. The molecule has 0 bridgehead atoms. The molecule has 0 aliphatic rings. The van der Waals surface area contributed by atoms with Crippen molar-refractivity contribution in [3.05, 3.63) is 57.1 Å². The summed E-state index contributed by atoms with van der Waals surface area (Å²) in [7, 11) is -3.85. The molecule has 0 unspecified atom stereocenters. The van der Waals surface area contributed by atoms with Gasteiger partial charge in [-0.05, 0) is 30.3 Å². The smallest absolute Gasteiger partial charge is 0.288 e. The van der Waals surface area contributed by atoms with E-state index in [2.05, 4.69) is 10.3 Å². The highest BCUT2D eigenvalue weighted by molar-refractivity contribution is 7.89. The number of thiazole rings is 1. The van der Waals surface area contributed by atoms with E-state index < -0.39 is 20.9 Å². The van der Waals surface area contributed by atoms with E-state index in [1.54, 1.807) is 0 Å². The molecule has 1 aromatic heterocycles. The van der Waals surface area contributed by atoms with E-state index in [4.69, 9.17) is 16.7 Å². The van der Waals surface area contributed by atoms with E-state index in [0.717, 1.165) is 17.4 Å². The first-order valence-corrected chi connectivity index (χ1v) is 9.58. The van der Waals surface area contributed by atoms with Gasteiger partial charge in [-0.2, -0.15) is 0 Å². The maximum absolute atomic E-state index is 12.3. The molecule has 0 aliphatic heterocycles. The Balaban J connectivity index is 1.90. The van der Waals surface area contributed by atoms with E-state index in [1.807, 2.05) is 0 Å². The molecule has 0 spiro atoms. The Hall–Kier alpha value is -2.60. The largest absolute Gasteiger partial charge is 0.298 e.